The Morgan fingerprint density at radius 2 is 1.74 bits per heavy atom. The van der Waals surface area contributed by atoms with Crippen LogP contribution in [0.2, 0.25) is 0 Å². The fraction of sp³-hybridized carbons (Fsp3) is 0.304. The minimum atomic E-state index is 0.153. The molecule has 5 rings (SSSR count). The molecule has 0 saturated carbocycles. The Bertz CT molecular complexity index is 1020. The van der Waals surface area contributed by atoms with Crippen LogP contribution in [0.25, 0.3) is 10.9 Å². The highest BCUT2D eigenvalue weighted by molar-refractivity contribution is 5.95. The Labute approximate surface area is 159 Å². The molecule has 0 spiro atoms. The number of nitrogens with zero attached hydrogens (tertiary/aromatic N) is 3. The molecule has 0 unspecified atom stereocenters. The van der Waals surface area contributed by atoms with Gasteiger partial charge in [-0.1, -0.05) is 12.1 Å². The van der Waals surface area contributed by atoms with E-state index in [0.29, 0.717) is 0 Å². The maximum Gasteiger partial charge on any atom is 0.253 e. The predicted molar refractivity (Wildman–Crippen MR) is 109 cm³/mol. The van der Waals surface area contributed by atoms with Gasteiger partial charge in [0.1, 0.15) is 5.82 Å². The second-order valence-electron chi connectivity index (χ2n) is 7.62. The summed E-state index contributed by atoms with van der Waals surface area (Å²) in [5.74, 6) is 1.20. The van der Waals surface area contributed by atoms with Crippen molar-refractivity contribution in [2.45, 2.75) is 26.2 Å². The third-order valence-electron chi connectivity index (χ3n) is 5.71. The van der Waals surface area contributed by atoms with Crippen molar-refractivity contribution in [3.8, 4) is 0 Å². The number of anilines is 2. The van der Waals surface area contributed by atoms with Crippen LogP contribution in [0.15, 0.2) is 48.5 Å². The highest BCUT2D eigenvalue weighted by Gasteiger charge is 2.24. The molecule has 136 valence electrons. The highest BCUT2D eigenvalue weighted by Crippen LogP contribution is 2.35. The van der Waals surface area contributed by atoms with Crippen molar-refractivity contribution in [3.63, 3.8) is 0 Å². The minimum Gasteiger partial charge on any atom is -0.339 e. The first kappa shape index (κ1) is 16.3. The third kappa shape index (κ3) is 2.85. The molecule has 0 radical (unpaired) electrons. The molecule has 2 aliphatic rings. The Hall–Kier alpha value is -2.88. The number of benzene rings is 2. The average molecular weight is 357 g/mol. The van der Waals surface area contributed by atoms with Crippen molar-refractivity contribution in [1.29, 1.82) is 0 Å². The SMILES string of the molecule is Cc1ccc2cc3c(nc2c1)N(c1ccc(C(=O)N2CCCC2)cc1)CC3. The molecule has 1 saturated heterocycles. The Morgan fingerprint density at radius 1 is 0.963 bits per heavy atom. The number of hydrogen-bond acceptors (Lipinski definition) is 3. The minimum absolute atomic E-state index is 0.153. The van der Waals surface area contributed by atoms with Crippen molar-refractivity contribution in [1.82, 2.24) is 9.88 Å². The lowest BCUT2D eigenvalue weighted by Gasteiger charge is -2.20. The van der Waals surface area contributed by atoms with Crippen LogP contribution in [-0.4, -0.2) is 35.4 Å². The first-order chi connectivity index (χ1) is 13.2. The van der Waals surface area contributed by atoms with Crippen LogP contribution in [0.3, 0.4) is 0 Å². The van der Waals surface area contributed by atoms with Gasteiger partial charge in [0.15, 0.2) is 0 Å². The van der Waals surface area contributed by atoms with Gasteiger partial charge in [-0.15, -0.1) is 0 Å². The molecule has 0 N–H and O–H groups in total. The van der Waals surface area contributed by atoms with Gasteiger partial charge in [-0.3, -0.25) is 4.79 Å². The van der Waals surface area contributed by atoms with E-state index in [1.165, 1.54) is 16.5 Å². The van der Waals surface area contributed by atoms with E-state index in [9.17, 15) is 4.79 Å². The van der Waals surface area contributed by atoms with E-state index in [-0.39, 0.29) is 5.91 Å². The molecule has 2 aliphatic heterocycles. The molecule has 1 fully saturated rings. The van der Waals surface area contributed by atoms with Crippen LogP contribution in [0, 0.1) is 6.92 Å². The van der Waals surface area contributed by atoms with Crippen molar-refractivity contribution in [2.24, 2.45) is 0 Å². The second-order valence-corrected chi connectivity index (χ2v) is 7.62. The molecule has 0 bridgehead atoms. The summed E-state index contributed by atoms with van der Waals surface area (Å²) in [4.78, 5) is 21.7. The van der Waals surface area contributed by atoms with Gasteiger partial charge in [-0.2, -0.15) is 0 Å². The summed E-state index contributed by atoms with van der Waals surface area (Å²) in [6.07, 6.45) is 3.24. The number of carbonyl (C=O) groups is 1. The maximum atomic E-state index is 12.6. The molecule has 1 aromatic heterocycles. The predicted octanol–water partition coefficient (Wildman–Crippen LogP) is 4.47. The topological polar surface area (TPSA) is 36.4 Å². The number of amides is 1. The van der Waals surface area contributed by atoms with E-state index in [1.807, 2.05) is 17.0 Å². The largest absolute Gasteiger partial charge is 0.339 e. The zero-order valence-electron chi connectivity index (χ0n) is 15.6. The first-order valence-corrected chi connectivity index (χ1v) is 9.76. The number of fused-ring (bicyclic) bond motifs is 2. The lowest BCUT2D eigenvalue weighted by atomic mass is 10.1. The zero-order valence-corrected chi connectivity index (χ0v) is 15.6. The monoisotopic (exact) mass is 357 g/mol. The zero-order chi connectivity index (χ0) is 18.4. The van der Waals surface area contributed by atoms with Crippen LogP contribution in [0.5, 0.6) is 0 Å². The second kappa shape index (κ2) is 6.38. The van der Waals surface area contributed by atoms with Crippen LogP contribution >= 0.6 is 0 Å². The molecule has 3 heterocycles. The van der Waals surface area contributed by atoms with Gasteiger partial charge in [0.05, 0.1) is 5.52 Å². The molecule has 4 heteroatoms. The number of hydrogen-bond donors (Lipinski definition) is 0. The molecule has 0 aliphatic carbocycles. The highest BCUT2D eigenvalue weighted by atomic mass is 16.2. The van der Waals surface area contributed by atoms with Gasteiger partial charge in [0.2, 0.25) is 0 Å². The molecule has 1 amide bonds. The lowest BCUT2D eigenvalue weighted by molar-refractivity contribution is 0.0793. The number of aryl methyl sites for hydroxylation is 1. The van der Waals surface area contributed by atoms with Crippen LogP contribution in [-0.2, 0) is 6.42 Å². The van der Waals surface area contributed by atoms with Crippen molar-refractivity contribution in [2.75, 3.05) is 24.5 Å². The summed E-state index contributed by atoms with van der Waals surface area (Å²) in [6.45, 7) is 4.80. The molecule has 2 aromatic carbocycles. The summed E-state index contributed by atoms with van der Waals surface area (Å²) in [5.41, 5.74) is 5.45. The normalized spacial score (nSPS) is 16.2. The fourth-order valence-electron chi connectivity index (χ4n) is 4.20. The Balaban J connectivity index is 1.45. The van der Waals surface area contributed by atoms with Gasteiger partial charge in [0.25, 0.3) is 5.91 Å². The maximum absolute atomic E-state index is 12.6. The Morgan fingerprint density at radius 3 is 2.52 bits per heavy atom. The summed E-state index contributed by atoms with van der Waals surface area (Å²) >= 11 is 0. The third-order valence-corrected chi connectivity index (χ3v) is 5.71. The van der Waals surface area contributed by atoms with E-state index in [0.717, 1.165) is 61.5 Å². The van der Waals surface area contributed by atoms with Crippen LogP contribution < -0.4 is 4.90 Å². The fourth-order valence-corrected chi connectivity index (χ4v) is 4.20. The molecular weight excluding hydrogens is 334 g/mol. The first-order valence-electron chi connectivity index (χ1n) is 9.76. The molecular formula is C23H23N3O. The van der Waals surface area contributed by atoms with Gasteiger partial charge in [-0.05, 0) is 73.7 Å². The van der Waals surface area contributed by atoms with Crippen molar-refractivity contribution < 1.29 is 4.79 Å². The van der Waals surface area contributed by atoms with E-state index >= 15 is 0 Å². The van der Waals surface area contributed by atoms with E-state index in [2.05, 4.69) is 48.2 Å². The summed E-state index contributed by atoms with van der Waals surface area (Å²) in [6, 6.07) is 16.7. The van der Waals surface area contributed by atoms with E-state index in [4.69, 9.17) is 4.98 Å². The summed E-state index contributed by atoms with van der Waals surface area (Å²) < 4.78 is 0. The Kier molecular flexibility index (Phi) is 3.85. The van der Waals surface area contributed by atoms with E-state index < -0.39 is 0 Å². The summed E-state index contributed by atoms with van der Waals surface area (Å²) in [7, 11) is 0. The summed E-state index contributed by atoms with van der Waals surface area (Å²) in [5, 5.41) is 1.20. The van der Waals surface area contributed by atoms with Gasteiger partial charge in [-0.25, -0.2) is 4.98 Å². The quantitative estimate of drug-likeness (QED) is 0.679. The van der Waals surface area contributed by atoms with Gasteiger partial charge in [0, 0.05) is 36.3 Å². The smallest absolute Gasteiger partial charge is 0.253 e. The number of likely N-dealkylation sites (tertiary alicyclic amines) is 1. The van der Waals surface area contributed by atoms with Crippen LogP contribution in [0.4, 0.5) is 11.5 Å². The number of carbonyl (C=O) groups excluding carboxylic acids is 1. The molecule has 3 aromatic rings. The van der Waals surface area contributed by atoms with Crippen LogP contribution in [0.1, 0.15) is 34.3 Å². The average Bonchev–Trinajstić information content (AvgIpc) is 3.36. The molecule has 0 atom stereocenters. The van der Waals surface area contributed by atoms with Gasteiger partial charge >= 0.3 is 0 Å². The lowest BCUT2D eigenvalue weighted by Crippen LogP contribution is -2.27. The number of rotatable bonds is 2. The van der Waals surface area contributed by atoms with Crippen molar-refractivity contribution in [3.05, 3.63) is 65.2 Å². The van der Waals surface area contributed by atoms with Gasteiger partial charge < -0.3 is 9.80 Å². The van der Waals surface area contributed by atoms with E-state index in [1.54, 1.807) is 0 Å². The molecule has 27 heavy (non-hydrogen) atoms. The standard InChI is InChI=1S/C23H23N3O/c1-16-4-5-18-15-19-10-13-26(22(19)24-21(18)14-16)20-8-6-17(7-9-20)23(27)25-11-2-3-12-25/h4-9,14-15H,2-3,10-13H2,1H3. The number of aromatic nitrogens is 1. The van der Waals surface area contributed by atoms with Crippen molar-refractivity contribution >= 4 is 28.3 Å². The number of pyridine rings is 1. The molecule has 4 nitrogen and oxygen atoms in total.